The zero-order valence-electron chi connectivity index (χ0n) is 9.50. The predicted octanol–water partition coefficient (Wildman–Crippen LogP) is 0.600. The van der Waals surface area contributed by atoms with E-state index in [4.69, 9.17) is 0 Å². The maximum absolute atomic E-state index is 11.9. The highest BCUT2D eigenvalue weighted by molar-refractivity contribution is 7.91. The fourth-order valence-corrected chi connectivity index (χ4v) is 3.10. The zero-order valence-corrected chi connectivity index (χ0v) is 10.3. The van der Waals surface area contributed by atoms with E-state index in [1.807, 2.05) is 23.1 Å². The van der Waals surface area contributed by atoms with Crippen LogP contribution in [0.25, 0.3) is 0 Å². The van der Waals surface area contributed by atoms with Gasteiger partial charge in [0.1, 0.15) is 0 Å². The Kier molecular flexibility index (Phi) is 3.59. The van der Waals surface area contributed by atoms with Gasteiger partial charge in [-0.25, -0.2) is 8.42 Å². The highest BCUT2D eigenvalue weighted by Crippen LogP contribution is 2.06. The van der Waals surface area contributed by atoms with Gasteiger partial charge in [-0.1, -0.05) is 30.3 Å². The van der Waals surface area contributed by atoms with Crippen LogP contribution in [0.3, 0.4) is 0 Å². The lowest BCUT2D eigenvalue weighted by Gasteiger charge is -2.25. The Morgan fingerprint density at radius 2 is 1.71 bits per heavy atom. The standard InChI is InChI=1S/C12H15NO3S/c14-12(11-4-2-1-3-5-11)10-13-6-8-17(15,16)9-7-13/h1-5H,6-10H2. The number of ketones is 1. The Morgan fingerprint density at radius 1 is 1.12 bits per heavy atom. The molecule has 5 heteroatoms. The quantitative estimate of drug-likeness (QED) is 0.740. The van der Waals surface area contributed by atoms with Crippen LogP contribution in [0.5, 0.6) is 0 Å². The number of Topliss-reactive ketones (excluding diaryl/α,β-unsaturated/α-hetero) is 1. The van der Waals surface area contributed by atoms with Gasteiger partial charge in [-0.05, 0) is 0 Å². The Morgan fingerprint density at radius 3 is 2.29 bits per heavy atom. The molecule has 17 heavy (non-hydrogen) atoms. The van der Waals surface area contributed by atoms with Crippen molar-refractivity contribution in [3.05, 3.63) is 35.9 Å². The monoisotopic (exact) mass is 253 g/mol. The number of hydrogen-bond acceptors (Lipinski definition) is 4. The van der Waals surface area contributed by atoms with Crippen LogP contribution in [0.2, 0.25) is 0 Å². The largest absolute Gasteiger partial charge is 0.294 e. The Bertz CT molecular complexity index is 482. The van der Waals surface area contributed by atoms with Crippen molar-refractivity contribution >= 4 is 15.6 Å². The molecular weight excluding hydrogens is 238 g/mol. The summed E-state index contributed by atoms with van der Waals surface area (Å²) in [5.41, 5.74) is 0.681. The van der Waals surface area contributed by atoms with E-state index < -0.39 is 9.84 Å². The number of benzene rings is 1. The smallest absolute Gasteiger partial charge is 0.176 e. The molecule has 1 aliphatic rings. The average molecular weight is 253 g/mol. The molecule has 1 aliphatic heterocycles. The minimum Gasteiger partial charge on any atom is -0.294 e. The van der Waals surface area contributed by atoms with E-state index in [-0.39, 0.29) is 17.3 Å². The van der Waals surface area contributed by atoms with Gasteiger partial charge in [-0.2, -0.15) is 0 Å². The van der Waals surface area contributed by atoms with E-state index in [0.717, 1.165) is 0 Å². The number of nitrogens with zero attached hydrogens (tertiary/aromatic N) is 1. The molecule has 92 valence electrons. The fraction of sp³-hybridized carbons (Fsp3) is 0.417. The molecule has 0 saturated carbocycles. The van der Waals surface area contributed by atoms with Gasteiger partial charge in [-0.3, -0.25) is 9.69 Å². The summed E-state index contributed by atoms with van der Waals surface area (Å²) < 4.78 is 22.5. The van der Waals surface area contributed by atoms with Crippen LogP contribution in [0.1, 0.15) is 10.4 Å². The third-order valence-corrected chi connectivity index (χ3v) is 4.51. The molecule has 4 nitrogen and oxygen atoms in total. The van der Waals surface area contributed by atoms with Gasteiger partial charge in [0, 0.05) is 18.7 Å². The summed E-state index contributed by atoms with van der Waals surface area (Å²) in [6.45, 7) is 1.22. The maximum Gasteiger partial charge on any atom is 0.176 e. The molecule has 0 amide bonds. The number of sulfone groups is 1. The Hall–Kier alpha value is -1.20. The summed E-state index contributed by atoms with van der Waals surface area (Å²) in [5, 5.41) is 0. The van der Waals surface area contributed by atoms with Crippen LogP contribution in [-0.4, -0.2) is 50.2 Å². The van der Waals surface area contributed by atoms with Crippen molar-refractivity contribution in [2.45, 2.75) is 0 Å². The van der Waals surface area contributed by atoms with E-state index >= 15 is 0 Å². The molecule has 0 aromatic heterocycles. The lowest BCUT2D eigenvalue weighted by atomic mass is 10.1. The molecule has 2 rings (SSSR count). The van der Waals surface area contributed by atoms with Gasteiger partial charge in [0.05, 0.1) is 18.1 Å². The summed E-state index contributed by atoms with van der Waals surface area (Å²) in [4.78, 5) is 13.8. The molecule has 0 N–H and O–H groups in total. The van der Waals surface area contributed by atoms with Crippen LogP contribution >= 0.6 is 0 Å². The van der Waals surface area contributed by atoms with Crippen molar-refractivity contribution in [3.8, 4) is 0 Å². The number of hydrogen-bond donors (Lipinski definition) is 0. The first-order chi connectivity index (χ1) is 8.07. The van der Waals surface area contributed by atoms with Gasteiger partial charge in [0.15, 0.2) is 15.6 Å². The lowest BCUT2D eigenvalue weighted by Crippen LogP contribution is -2.42. The van der Waals surface area contributed by atoms with E-state index in [1.54, 1.807) is 12.1 Å². The van der Waals surface area contributed by atoms with Crippen molar-refractivity contribution in [2.24, 2.45) is 0 Å². The van der Waals surface area contributed by atoms with Crippen molar-refractivity contribution in [1.82, 2.24) is 4.90 Å². The Balaban J connectivity index is 1.93. The van der Waals surface area contributed by atoms with E-state index in [1.165, 1.54) is 0 Å². The molecule has 1 heterocycles. The highest BCUT2D eigenvalue weighted by atomic mass is 32.2. The van der Waals surface area contributed by atoms with Crippen LogP contribution in [0.15, 0.2) is 30.3 Å². The highest BCUT2D eigenvalue weighted by Gasteiger charge is 2.23. The van der Waals surface area contributed by atoms with Crippen molar-refractivity contribution < 1.29 is 13.2 Å². The van der Waals surface area contributed by atoms with Gasteiger partial charge in [0.25, 0.3) is 0 Å². The predicted molar refractivity (Wildman–Crippen MR) is 65.9 cm³/mol. The number of rotatable bonds is 3. The van der Waals surface area contributed by atoms with Crippen molar-refractivity contribution in [3.63, 3.8) is 0 Å². The summed E-state index contributed by atoms with van der Waals surface area (Å²) in [6.07, 6.45) is 0. The van der Waals surface area contributed by atoms with E-state index in [9.17, 15) is 13.2 Å². The number of carbonyl (C=O) groups excluding carboxylic acids is 1. The first-order valence-electron chi connectivity index (χ1n) is 5.58. The van der Waals surface area contributed by atoms with E-state index in [0.29, 0.717) is 25.2 Å². The normalized spacial score (nSPS) is 20.0. The lowest BCUT2D eigenvalue weighted by molar-refractivity contribution is 0.0936. The molecule has 0 radical (unpaired) electrons. The first kappa shape index (κ1) is 12.3. The van der Waals surface area contributed by atoms with Crippen LogP contribution < -0.4 is 0 Å². The zero-order chi connectivity index (χ0) is 12.3. The molecule has 0 atom stereocenters. The van der Waals surface area contributed by atoms with Crippen LogP contribution in [0, 0.1) is 0 Å². The second-order valence-corrected chi connectivity index (χ2v) is 6.52. The summed E-state index contributed by atoms with van der Waals surface area (Å²) in [6, 6.07) is 9.08. The Labute approximate surface area is 101 Å². The molecular formula is C12H15NO3S. The summed E-state index contributed by atoms with van der Waals surface area (Å²) in [5.74, 6) is 0.370. The topological polar surface area (TPSA) is 54.5 Å². The van der Waals surface area contributed by atoms with Crippen molar-refractivity contribution in [1.29, 1.82) is 0 Å². The molecule has 0 bridgehead atoms. The third-order valence-electron chi connectivity index (χ3n) is 2.90. The molecule has 0 unspecified atom stereocenters. The second-order valence-electron chi connectivity index (χ2n) is 4.22. The fourth-order valence-electron chi connectivity index (χ4n) is 1.83. The minimum atomic E-state index is -2.87. The van der Waals surface area contributed by atoms with Gasteiger partial charge >= 0.3 is 0 Å². The maximum atomic E-state index is 11.9. The molecule has 0 aliphatic carbocycles. The summed E-state index contributed by atoms with van der Waals surface area (Å²) >= 11 is 0. The minimum absolute atomic E-state index is 0.0462. The van der Waals surface area contributed by atoms with Gasteiger partial charge in [0.2, 0.25) is 0 Å². The first-order valence-corrected chi connectivity index (χ1v) is 7.40. The van der Waals surface area contributed by atoms with Crippen LogP contribution in [-0.2, 0) is 9.84 Å². The summed E-state index contributed by atoms with van der Waals surface area (Å²) in [7, 11) is -2.87. The van der Waals surface area contributed by atoms with Gasteiger partial charge < -0.3 is 0 Å². The SMILES string of the molecule is O=C(CN1CCS(=O)(=O)CC1)c1ccccc1. The number of carbonyl (C=O) groups is 1. The van der Waals surface area contributed by atoms with Crippen molar-refractivity contribution in [2.75, 3.05) is 31.1 Å². The molecule has 1 aromatic carbocycles. The van der Waals surface area contributed by atoms with Crippen LogP contribution in [0.4, 0.5) is 0 Å². The van der Waals surface area contributed by atoms with Gasteiger partial charge in [-0.15, -0.1) is 0 Å². The second kappa shape index (κ2) is 4.98. The average Bonchev–Trinajstić information content (AvgIpc) is 2.33. The third kappa shape index (κ3) is 3.38. The molecule has 1 fully saturated rings. The molecule has 0 spiro atoms. The van der Waals surface area contributed by atoms with E-state index in [2.05, 4.69) is 0 Å². The molecule has 1 aromatic rings. The molecule has 1 saturated heterocycles.